The fourth-order valence-electron chi connectivity index (χ4n) is 1.11. The summed E-state index contributed by atoms with van der Waals surface area (Å²) in [5.74, 6) is -0.245. The molecule has 71 valence electrons. The first kappa shape index (κ1) is 11.1. The van der Waals surface area contributed by atoms with E-state index in [0.717, 1.165) is 5.56 Å². The summed E-state index contributed by atoms with van der Waals surface area (Å²) in [6, 6.07) is 1.34. The van der Waals surface area contributed by atoms with Gasteiger partial charge in [-0.05, 0) is 24.2 Å². The van der Waals surface area contributed by atoms with E-state index in [1.807, 2.05) is 22.0 Å². The molecule has 0 saturated heterocycles. The third kappa shape index (κ3) is 2.26. The van der Waals surface area contributed by atoms with Gasteiger partial charge in [-0.2, -0.15) is 0 Å². The molecule has 0 aromatic carbocycles. The van der Waals surface area contributed by atoms with Gasteiger partial charge in [-0.3, -0.25) is 0 Å². The Morgan fingerprint density at radius 1 is 1.54 bits per heavy atom. The fourth-order valence-corrected chi connectivity index (χ4v) is 1.11. The van der Waals surface area contributed by atoms with E-state index < -0.39 is 0 Å². The Morgan fingerprint density at radius 2 is 2.23 bits per heavy atom. The van der Waals surface area contributed by atoms with E-state index in [1.165, 1.54) is 12.3 Å². The van der Waals surface area contributed by atoms with Crippen LogP contribution in [0.1, 0.15) is 5.56 Å². The van der Waals surface area contributed by atoms with Gasteiger partial charge in [-0.1, -0.05) is 12.4 Å². The van der Waals surface area contributed by atoms with Crippen molar-refractivity contribution in [2.45, 2.75) is 6.92 Å². The van der Waals surface area contributed by atoms with Gasteiger partial charge >= 0.3 is 34.7 Å². The molecule has 0 amide bonds. The third-order valence-electron chi connectivity index (χ3n) is 1.65. The second kappa shape index (κ2) is 5.01. The minimum absolute atomic E-state index is 0.245. The molecule has 13 heavy (non-hydrogen) atoms. The molecule has 2 rings (SSSR count). The van der Waals surface area contributed by atoms with Gasteiger partial charge in [-0.15, -0.1) is 0 Å². The summed E-state index contributed by atoms with van der Waals surface area (Å²) in [5.41, 5.74) is 1.33. The molecular formula is C8H6FIN2Os-. The van der Waals surface area contributed by atoms with E-state index in [1.54, 1.807) is 6.20 Å². The molecule has 0 atom stereocenters. The summed E-state index contributed by atoms with van der Waals surface area (Å²) < 4.78 is 13.0. The first-order chi connectivity index (χ1) is 6.29. The first-order valence-corrected chi connectivity index (χ1v) is 10.7. The van der Waals surface area contributed by atoms with Crippen molar-refractivity contribution in [1.82, 2.24) is 9.97 Å². The van der Waals surface area contributed by atoms with Gasteiger partial charge in [0, 0.05) is 5.39 Å². The molecule has 0 bridgehead atoms. The van der Waals surface area contributed by atoms with Gasteiger partial charge in [-0.25, -0.2) is 4.39 Å². The van der Waals surface area contributed by atoms with Crippen LogP contribution < -0.4 is 4.98 Å². The number of aryl methyl sites for hydroxylation is 1. The maximum absolute atomic E-state index is 13.0. The number of hydrogen-bond acceptors (Lipinski definition) is 1. The molecule has 0 spiro atoms. The molecule has 0 saturated carbocycles. The molecule has 2 nitrogen and oxygen atoms in total. The Balaban J connectivity index is 0.000000396. The monoisotopic (exact) mass is 468 g/mol. The zero-order valence-electron chi connectivity index (χ0n) is 6.74. The van der Waals surface area contributed by atoms with Crippen molar-refractivity contribution in [3.05, 3.63) is 29.8 Å². The Morgan fingerprint density at radius 3 is 2.85 bits per heavy atom. The van der Waals surface area contributed by atoms with Crippen LogP contribution in [0.4, 0.5) is 4.39 Å². The van der Waals surface area contributed by atoms with Gasteiger partial charge in [0.05, 0.1) is 0 Å². The van der Waals surface area contributed by atoms with E-state index in [4.69, 9.17) is 0 Å². The van der Waals surface area contributed by atoms with Gasteiger partial charge < -0.3 is 9.97 Å². The van der Waals surface area contributed by atoms with Gasteiger partial charge in [0.2, 0.25) is 0 Å². The van der Waals surface area contributed by atoms with Crippen molar-refractivity contribution >= 4 is 30.7 Å². The van der Waals surface area contributed by atoms with E-state index in [-0.39, 0.29) is 5.82 Å². The maximum atomic E-state index is 13.0. The van der Waals surface area contributed by atoms with E-state index in [2.05, 4.69) is 29.6 Å². The van der Waals surface area contributed by atoms with Crippen molar-refractivity contribution in [2.75, 3.05) is 0 Å². The van der Waals surface area contributed by atoms with Crippen LogP contribution in [-0.2, 0) is 15.1 Å². The predicted octanol–water partition coefficient (Wildman–Crippen LogP) is 2.52. The molecule has 0 aliphatic rings. The van der Waals surface area contributed by atoms with Crippen LogP contribution in [0.25, 0.3) is 11.0 Å². The molecule has 0 unspecified atom stereocenters. The van der Waals surface area contributed by atoms with E-state index in [9.17, 15) is 4.39 Å². The summed E-state index contributed by atoms with van der Waals surface area (Å²) >= 11 is 4.01. The zero-order valence-corrected chi connectivity index (χ0v) is 11.4. The van der Waals surface area contributed by atoms with Crippen molar-refractivity contribution < 1.29 is 19.4 Å². The van der Waals surface area contributed by atoms with E-state index in [0.29, 0.717) is 11.0 Å². The fraction of sp³-hybridized carbons (Fsp3) is 0.125. The third-order valence-corrected chi connectivity index (χ3v) is 1.65. The van der Waals surface area contributed by atoms with Crippen LogP contribution in [-0.4, -0.2) is 4.98 Å². The van der Waals surface area contributed by atoms with Gasteiger partial charge in [0.1, 0.15) is 5.82 Å². The molecule has 0 radical (unpaired) electrons. The minimum atomic E-state index is -0.245. The number of halogens is 2. The molecule has 0 aliphatic heterocycles. The van der Waals surface area contributed by atoms with Crippen LogP contribution in [0, 0.1) is 12.7 Å². The van der Waals surface area contributed by atoms with Crippen molar-refractivity contribution in [3.8, 4) is 0 Å². The SMILES string of the molecule is Cc1c[n-]c2nccc(F)c12.[I][Os]. The Hall–Kier alpha value is -0.0136. The molecular weight excluding hydrogens is 460 g/mol. The zero-order chi connectivity index (χ0) is 9.84. The second-order valence-electron chi connectivity index (χ2n) is 2.43. The van der Waals surface area contributed by atoms with E-state index >= 15 is 0 Å². The number of pyridine rings is 1. The Labute approximate surface area is 96.4 Å². The van der Waals surface area contributed by atoms with Crippen LogP contribution >= 0.6 is 19.7 Å². The normalized spacial score (nSPS) is 9.54. The van der Waals surface area contributed by atoms with Crippen molar-refractivity contribution in [2.24, 2.45) is 0 Å². The molecule has 5 heteroatoms. The average molecular weight is 466 g/mol. The summed E-state index contributed by atoms with van der Waals surface area (Å²) in [4.78, 5) is 7.84. The Kier molecular flexibility index (Phi) is 4.27. The molecule has 2 aromatic heterocycles. The predicted molar refractivity (Wildman–Crippen MR) is 53.8 cm³/mol. The summed E-state index contributed by atoms with van der Waals surface area (Å²) in [5, 5.41) is 0.535. The van der Waals surface area contributed by atoms with Crippen LogP contribution in [0.15, 0.2) is 18.5 Å². The molecule has 0 N–H and O–H groups in total. The summed E-state index contributed by atoms with van der Waals surface area (Å²) in [6.07, 6.45) is 3.05. The Bertz CT molecular complexity index is 402. The van der Waals surface area contributed by atoms with Crippen LogP contribution in [0.5, 0.6) is 0 Å². The standard InChI is InChI=1S/C8H6FN2.HI.Os/c1-5-4-11-8-7(5)6(9)2-3-10-8;;/h2-4H,1H3;1H;/q-1;;+1/p-1. The number of fused-ring (bicyclic) bond motifs is 1. The summed E-state index contributed by atoms with van der Waals surface area (Å²) in [6.45, 7) is 1.82. The molecule has 0 fully saturated rings. The van der Waals surface area contributed by atoms with Crippen molar-refractivity contribution in [1.29, 1.82) is 0 Å². The van der Waals surface area contributed by atoms with Crippen LogP contribution in [0.3, 0.4) is 0 Å². The number of rotatable bonds is 0. The van der Waals surface area contributed by atoms with Gasteiger partial charge in [0.15, 0.2) is 0 Å². The summed E-state index contributed by atoms with van der Waals surface area (Å²) in [7, 11) is 0. The topological polar surface area (TPSA) is 27.0 Å². The second-order valence-corrected chi connectivity index (χ2v) is 2.43. The number of hydrogen-bond donors (Lipinski definition) is 0. The van der Waals surface area contributed by atoms with Gasteiger partial charge in [0.25, 0.3) is 0 Å². The molecule has 2 heterocycles. The number of nitrogens with zero attached hydrogens (tertiary/aromatic N) is 2. The molecule has 0 aliphatic carbocycles. The quantitative estimate of drug-likeness (QED) is 0.559. The first-order valence-electron chi connectivity index (χ1n) is 3.45. The average Bonchev–Trinajstić information content (AvgIpc) is 2.53. The van der Waals surface area contributed by atoms with Crippen LogP contribution in [0.2, 0.25) is 0 Å². The van der Waals surface area contributed by atoms with Crippen molar-refractivity contribution in [3.63, 3.8) is 0 Å². The molecule has 2 aromatic rings. The number of aromatic nitrogens is 2.